The third kappa shape index (κ3) is 5.48. The predicted octanol–water partition coefficient (Wildman–Crippen LogP) is 6.95. The first-order chi connectivity index (χ1) is 17.5. The fraction of sp³-hybridized carbons (Fsp3) is 0.250. The van der Waals surface area contributed by atoms with Crippen LogP contribution in [0.15, 0.2) is 66.7 Å². The monoisotopic (exact) mass is 525 g/mol. The fourth-order valence-corrected chi connectivity index (χ4v) is 5.45. The summed E-state index contributed by atoms with van der Waals surface area (Å²) in [5.74, 6) is 1.89. The van der Waals surface area contributed by atoms with Crippen molar-refractivity contribution in [1.29, 1.82) is 0 Å². The summed E-state index contributed by atoms with van der Waals surface area (Å²) in [7, 11) is 0. The number of phenolic OH excluding ortho intramolecular Hbond substituents is 1. The minimum Gasteiger partial charge on any atom is -0.508 e. The molecule has 0 bridgehead atoms. The SMILES string of the molecule is O=C(c1ccc(Cl)cc1)c1sc2cc(O)ccc2c1Oc1ccc(OCCCN2CC(CF)C2)cc1. The molecule has 3 aromatic carbocycles. The molecule has 2 heterocycles. The maximum Gasteiger partial charge on any atom is 0.206 e. The summed E-state index contributed by atoms with van der Waals surface area (Å²) in [4.78, 5) is 16.0. The minimum atomic E-state index is -0.234. The summed E-state index contributed by atoms with van der Waals surface area (Å²) in [6.45, 7) is 2.92. The zero-order chi connectivity index (χ0) is 25.1. The van der Waals surface area contributed by atoms with Crippen LogP contribution in [0.25, 0.3) is 10.1 Å². The molecular formula is C28H25ClFNO4S. The minimum absolute atomic E-state index is 0.124. The molecule has 0 atom stereocenters. The van der Waals surface area contributed by atoms with Crippen molar-refractivity contribution in [3.63, 3.8) is 0 Å². The standard InChI is InChI=1S/C28H25ClFNO4S/c29-20-4-2-19(3-5-20)26(33)28-27(24-11-6-21(32)14-25(24)36-28)35-23-9-7-22(8-10-23)34-13-1-12-31-16-18(15-30)17-31/h2-11,14,18,32H,1,12-13,15-17H2. The van der Waals surface area contributed by atoms with Crippen LogP contribution in [0, 0.1) is 5.92 Å². The molecule has 186 valence electrons. The lowest BCUT2D eigenvalue weighted by molar-refractivity contribution is 0.0755. The Morgan fingerprint density at radius 1 is 1.06 bits per heavy atom. The molecule has 0 aliphatic carbocycles. The number of benzene rings is 3. The summed E-state index contributed by atoms with van der Waals surface area (Å²) in [5.41, 5.74) is 0.502. The third-order valence-electron chi connectivity index (χ3n) is 6.12. The van der Waals surface area contributed by atoms with Gasteiger partial charge in [-0.3, -0.25) is 9.18 Å². The van der Waals surface area contributed by atoms with Crippen LogP contribution in [-0.4, -0.2) is 48.7 Å². The molecule has 8 heteroatoms. The quantitative estimate of drug-likeness (QED) is 0.179. The van der Waals surface area contributed by atoms with Crippen molar-refractivity contribution in [3.05, 3.63) is 82.2 Å². The average molecular weight is 526 g/mol. The van der Waals surface area contributed by atoms with Gasteiger partial charge in [-0.15, -0.1) is 11.3 Å². The van der Waals surface area contributed by atoms with Crippen LogP contribution in [-0.2, 0) is 0 Å². The van der Waals surface area contributed by atoms with Gasteiger partial charge in [0, 0.05) is 46.2 Å². The maximum absolute atomic E-state index is 13.3. The Kier molecular flexibility index (Phi) is 7.41. The van der Waals surface area contributed by atoms with E-state index in [0.29, 0.717) is 33.6 Å². The van der Waals surface area contributed by atoms with Gasteiger partial charge in [-0.25, -0.2) is 0 Å². The summed E-state index contributed by atoms with van der Waals surface area (Å²) < 4.78 is 25.3. The summed E-state index contributed by atoms with van der Waals surface area (Å²) in [6, 6.07) is 18.9. The van der Waals surface area contributed by atoms with Gasteiger partial charge in [-0.05, 0) is 73.2 Å². The Morgan fingerprint density at radius 3 is 2.50 bits per heavy atom. The number of ether oxygens (including phenoxy) is 2. The molecule has 0 saturated carbocycles. The molecule has 1 saturated heterocycles. The van der Waals surface area contributed by atoms with Crippen LogP contribution in [0.5, 0.6) is 23.0 Å². The lowest BCUT2D eigenvalue weighted by atomic mass is 10.0. The number of halogens is 2. The van der Waals surface area contributed by atoms with Crippen molar-refractivity contribution < 1.29 is 23.8 Å². The average Bonchev–Trinajstić information content (AvgIpc) is 3.21. The van der Waals surface area contributed by atoms with E-state index in [1.165, 1.54) is 11.3 Å². The Morgan fingerprint density at radius 2 is 1.78 bits per heavy atom. The zero-order valence-electron chi connectivity index (χ0n) is 19.5. The Balaban J connectivity index is 1.28. The third-order valence-corrected chi connectivity index (χ3v) is 7.51. The van der Waals surface area contributed by atoms with Crippen LogP contribution in [0.2, 0.25) is 5.02 Å². The van der Waals surface area contributed by atoms with Gasteiger partial charge >= 0.3 is 0 Å². The van der Waals surface area contributed by atoms with E-state index in [1.54, 1.807) is 54.6 Å². The van der Waals surface area contributed by atoms with Crippen molar-refractivity contribution in [1.82, 2.24) is 4.90 Å². The first-order valence-electron chi connectivity index (χ1n) is 11.7. The van der Waals surface area contributed by atoms with Gasteiger partial charge in [0.2, 0.25) is 5.78 Å². The highest BCUT2D eigenvalue weighted by Gasteiger charge is 2.25. The van der Waals surface area contributed by atoms with Crippen molar-refractivity contribution in [2.75, 3.05) is 32.9 Å². The number of hydrogen-bond acceptors (Lipinski definition) is 6. The van der Waals surface area contributed by atoms with Crippen LogP contribution in [0.1, 0.15) is 21.7 Å². The highest BCUT2D eigenvalue weighted by molar-refractivity contribution is 7.21. The number of fused-ring (bicyclic) bond motifs is 1. The molecule has 5 nitrogen and oxygen atoms in total. The molecule has 0 amide bonds. The van der Waals surface area contributed by atoms with Crippen molar-refractivity contribution in [2.45, 2.75) is 6.42 Å². The van der Waals surface area contributed by atoms with Crippen molar-refractivity contribution in [3.8, 4) is 23.0 Å². The summed E-state index contributed by atoms with van der Waals surface area (Å²) >= 11 is 7.26. The van der Waals surface area contributed by atoms with Crippen LogP contribution >= 0.6 is 22.9 Å². The summed E-state index contributed by atoms with van der Waals surface area (Å²) in [5, 5.41) is 11.2. The molecule has 4 aromatic rings. The first-order valence-corrected chi connectivity index (χ1v) is 12.9. The normalized spacial score (nSPS) is 14.1. The van der Waals surface area contributed by atoms with E-state index in [-0.39, 0.29) is 24.1 Å². The number of phenols is 1. The molecule has 36 heavy (non-hydrogen) atoms. The molecule has 0 unspecified atom stereocenters. The fourth-order valence-electron chi connectivity index (χ4n) is 4.20. The van der Waals surface area contributed by atoms with Gasteiger partial charge in [0.05, 0.1) is 13.3 Å². The van der Waals surface area contributed by atoms with Gasteiger partial charge in [0.25, 0.3) is 0 Å². The maximum atomic E-state index is 13.3. The highest BCUT2D eigenvalue weighted by atomic mass is 35.5. The second-order valence-electron chi connectivity index (χ2n) is 8.83. The number of nitrogens with zero attached hydrogens (tertiary/aromatic N) is 1. The van der Waals surface area contributed by atoms with Crippen LogP contribution in [0.4, 0.5) is 4.39 Å². The van der Waals surface area contributed by atoms with E-state index < -0.39 is 0 Å². The van der Waals surface area contributed by atoms with E-state index >= 15 is 0 Å². The lowest BCUT2D eigenvalue weighted by Gasteiger charge is -2.37. The van der Waals surface area contributed by atoms with Crippen LogP contribution < -0.4 is 9.47 Å². The second-order valence-corrected chi connectivity index (χ2v) is 10.3. The van der Waals surface area contributed by atoms with Gasteiger partial charge in [0.15, 0.2) is 5.75 Å². The number of alkyl halides is 1. The number of thiophene rings is 1. The highest BCUT2D eigenvalue weighted by Crippen LogP contribution is 2.42. The number of carbonyl (C=O) groups is 1. The predicted molar refractivity (Wildman–Crippen MR) is 141 cm³/mol. The van der Waals surface area contributed by atoms with Gasteiger partial charge in [-0.2, -0.15) is 0 Å². The molecule has 0 spiro atoms. The number of hydrogen-bond donors (Lipinski definition) is 1. The number of aromatic hydroxyl groups is 1. The van der Waals surface area contributed by atoms with E-state index in [0.717, 1.165) is 41.9 Å². The number of ketones is 1. The number of likely N-dealkylation sites (tertiary alicyclic amines) is 1. The molecule has 1 aliphatic heterocycles. The number of carbonyl (C=O) groups excluding carboxylic acids is 1. The van der Waals surface area contributed by atoms with Gasteiger partial charge in [0.1, 0.15) is 22.1 Å². The molecule has 1 aromatic heterocycles. The molecular weight excluding hydrogens is 501 g/mol. The molecule has 0 radical (unpaired) electrons. The summed E-state index contributed by atoms with van der Waals surface area (Å²) in [6.07, 6.45) is 0.876. The smallest absolute Gasteiger partial charge is 0.206 e. The van der Waals surface area contributed by atoms with E-state index in [1.807, 2.05) is 12.1 Å². The van der Waals surface area contributed by atoms with E-state index in [2.05, 4.69) is 4.90 Å². The van der Waals surface area contributed by atoms with Gasteiger partial charge < -0.3 is 19.5 Å². The second kappa shape index (κ2) is 10.9. The largest absolute Gasteiger partial charge is 0.508 e. The van der Waals surface area contributed by atoms with Crippen molar-refractivity contribution >= 4 is 38.8 Å². The Hall–Kier alpha value is -3.13. The Bertz CT molecular complexity index is 1350. The zero-order valence-corrected chi connectivity index (χ0v) is 21.0. The molecule has 5 rings (SSSR count). The molecule has 1 aliphatic rings. The van der Waals surface area contributed by atoms with Gasteiger partial charge in [-0.1, -0.05) is 11.6 Å². The number of rotatable bonds is 10. The first kappa shape index (κ1) is 24.6. The van der Waals surface area contributed by atoms with E-state index in [9.17, 15) is 14.3 Å². The van der Waals surface area contributed by atoms with Crippen LogP contribution in [0.3, 0.4) is 0 Å². The van der Waals surface area contributed by atoms with Crippen molar-refractivity contribution in [2.24, 2.45) is 5.92 Å². The topological polar surface area (TPSA) is 59.0 Å². The lowest BCUT2D eigenvalue weighted by Crippen LogP contribution is -2.48. The molecule has 1 N–H and O–H groups in total. The molecule has 1 fully saturated rings. The Labute approximate surface area is 217 Å². The van der Waals surface area contributed by atoms with E-state index in [4.69, 9.17) is 21.1 Å².